The van der Waals surface area contributed by atoms with E-state index < -0.39 is 0 Å². The molecule has 0 heterocycles. The molecule has 0 saturated carbocycles. The molecule has 0 N–H and O–H groups in total. The van der Waals surface area contributed by atoms with Crippen LogP contribution >= 0.6 is 0 Å². The van der Waals surface area contributed by atoms with Gasteiger partial charge in [0.15, 0.2) is 0 Å². The van der Waals surface area contributed by atoms with Crippen molar-refractivity contribution < 1.29 is 9.66 Å². The van der Waals surface area contributed by atoms with Gasteiger partial charge in [-0.3, -0.25) is 10.1 Å². The first-order valence-corrected chi connectivity index (χ1v) is 6.53. The van der Waals surface area contributed by atoms with Crippen LogP contribution in [-0.4, -0.2) is 4.92 Å². The Bertz CT molecular complexity index is 608. The number of nitrogens with zero attached hydrogens (tertiary/aromatic N) is 1. The SMILES string of the molecule is CC(C)c1ccccc1OCc1ccccc1[N+](=O)[O-]. The Morgan fingerprint density at radius 3 is 2.45 bits per heavy atom. The molecule has 20 heavy (non-hydrogen) atoms. The standard InChI is InChI=1S/C16H17NO3/c1-12(2)14-8-4-6-10-16(14)20-11-13-7-3-5-9-15(13)17(18)19/h3-10,12H,11H2,1-2H3. The van der Waals surface area contributed by atoms with Crippen molar-refractivity contribution in [2.24, 2.45) is 0 Å². The van der Waals surface area contributed by atoms with E-state index in [0.29, 0.717) is 11.5 Å². The minimum atomic E-state index is -0.382. The van der Waals surface area contributed by atoms with Gasteiger partial charge in [0.25, 0.3) is 5.69 Å². The first kappa shape index (κ1) is 14.1. The molecule has 0 spiro atoms. The second-order valence-electron chi connectivity index (χ2n) is 4.87. The molecule has 2 aromatic rings. The maximum atomic E-state index is 11.0. The molecule has 0 radical (unpaired) electrons. The average Bonchev–Trinajstić information content (AvgIpc) is 2.45. The summed E-state index contributed by atoms with van der Waals surface area (Å²) >= 11 is 0. The lowest BCUT2D eigenvalue weighted by atomic mass is 10.0. The monoisotopic (exact) mass is 271 g/mol. The van der Waals surface area contributed by atoms with Crippen LogP contribution < -0.4 is 4.74 Å². The second-order valence-corrected chi connectivity index (χ2v) is 4.87. The summed E-state index contributed by atoms with van der Waals surface area (Å²) in [7, 11) is 0. The van der Waals surface area contributed by atoms with Gasteiger partial charge in [0.2, 0.25) is 0 Å². The number of hydrogen-bond donors (Lipinski definition) is 0. The van der Waals surface area contributed by atoms with Crippen molar-refractivity contribution in [3.63, 3.8) is 0 Å². The molecule has 0 saturated heterocycles. The van der Waals surface area contributed by atoms with Crippen molar-refractivity contribution in [1.82, 2.24) is 0 Å². The molecule has 0 bridgehead atoms. The molecule has 0 unspecified atom stereocenters. The van der Waals surface area contributed by atoms with Crippen LogP contribution in [0.25, 0.3) is 0 Å². The first-order chi connectivity index (χ1) is 9.59. The van der Waals surface area contributed by atoms with Gasteiger partial charge in [0, 0.05) is 6.07 Å². The molecule has 4 heteroatoms. The van der Waals surface area contributed by atoms with Crippen molar-refractivity contribution in [2.75, 3.05) is 0 Å². The normalized spacial score (nSPS) is 10.6. The van der Waals surface area contributed by atoms with Crippen LogP contribution in [0.3, 0.4) is 0 Å². The molecule has 0 atom stereocenters. The van der Waals surface area contributed by atoms with E-state index in [2.05, 4.69) is 13.8 Å². The number of nitro benzene ring substituents is 1. The number of hydrogen-bond acceptors (Lipinski definition) is 3. The second kappa shape index (κ2) is 6.19. The molecular formula is C16H17NO3. The summed E-state index contributed by atoms with van der Waals surface area (Å²) in [5.41, 5.74) is 1.77. The van der Waals surface area contributed by atoms with Crippen LogP contribution in [0, 0.1) is 10.1 Å². The van der Waals surface area contributed by atoms with Gasteiger partial charge in [0.05, 0.1) is 10.5 Å². The van der Waals surface area contributed by atoms with E-state index in [0.717, 1.165) is 11.3 Å². The Kier molecular flexibility index (Phi) is 4.35. The number of benzene rings is 2. The Morgan fingerprint density at radius 2 is 1.75 bits per heavy atom. The predicted molar refractivity (Wildman–Crippen MR) is 78.0 cm³/mol. The fourth-order valence-corrected chi connectivity index (χ4v) is 2.06. The highest BCUT2D eigenvalue weighted by atomic mass is 16.6. The van der Waals surface area contributed by atoms with Crippen LogP contribution in [0.5, 0.6) is 5.75 Å². The van der Waals surface area contributed by atoms with E-state index in [-0.39, 0.29) is 17.2 Å². The maximum Gasteiger partial charge on any atom is 0.276 e. The van der Waals surface area contributed by atoms with Gasteiger partial charge in [-0.1, -0.05) is 44.2 Å². The third-order valence-electron chi connectivity index (χ3n) is 3.11. The quantitative estimate of drug-likeness (QED) is 0.602. The lowest BCUT2D eigenvalue weighted by molar-refractivity contribution is -0.385. The van der Waals surface area contributed by atoms with E-state index in [1.54, 1.807) is 18.2 Å². The van der Waals surface area contributed by atoms with Gasteiger partial charge in [-0.15, -0.1) is 0 Å². The lowest BCUT2D eigenvalue weighted by Gasteiger charge is -2.13. The molecule has 0 fully saturated rings. The Balaban J connectivity index is 2.20. The van der Waals surface area contributed by atoms with Crippen LogP contribution in [0.1, 0.15) is 30.9 Å². The third-order valence-corrected chi connectivity index (χ3v) is 3.11. The fourth-order valence-electron chi connectivity index (χ4n) is 2.06. The van der Waals surface area contributed by atoms with E-state index in [4.69, 9.17) is 4.74 Å². The number of nitro groups is 1. The summed E-state index contributed by atoms with van der Waals surface area (Å²) in [5, 5.41) is 11.0. The Labute approximate surface area is 118 Å². The van der Waals surface area contributed by atoms with Crippen molar-refractivity contribution >= 4 is 5.69 Å². The molecule has 2 rings (SSSR count). The summed E-state index contributed by atoms with van der Waals surface area (Å²) in [6, 6.07) is 14.4. The average molecular weight is 271 g/mol. The minimum Gasteiger partial charge on any atom is -0.488 e. The Hall–Kier alpha value is -2.36. The molecular weight excluding hydrogens is 254 g/mol. The zero-order valence-electron chi connectivity index (χ0n) is 11.6. The zero-order chi connectivity index (χ0) is 14.5. The highest BCUT2D eigenvalue weighted by Gasteiger charge is 2.14. The smallest absolute Gasteiger partial charge is 0.276 e. The fraction of sp³-hybridized carbons (Fsp3) is 0.250. The topological polar surface area (TPSA) is 52.4 Å². The highest BCUT2D eigenvalue weighted by molar-refractivity contribution is 5.40. The molecule has 4 nitrogen and oxygen atoms in total. The third kappa shape index (κ3) is 3.15. The predicted octanol–water partition coefficient (Wildman–Crippen LogP) is 4.30. The lowest BCUT2D eigenvalue weighted by Crippen LogP contribution is -2.02. The largest absolute Gasteiger partial charge is 0.488 e. The minimum absolute atomic E-state index is 0.0922. The van der Waals surface area contributed by atoms with Crippen LogP contribution in [0.4, 0.5) is 5.69 Å². The first-order valence-electron chi connectivity index (χ1n) is 6.53. The van der Waals surface area contributed by atoms with Gasteiger partial charge >= 0.3 is 0 Å². The van der Waals surface area contributed by atoms with Crippen molar-refractivity contribution in [3.05, 3.63) is 69.8 Å². The number of ether oxygens (including phenoxy) is 1. The maximum absolute atomic E-state index is 11.0. The molecule has 0 aliphatic carbocycles. The molecule has 0 aliphatic rings. The molecule has 104 valence electrons. The number of rotatable bonds is 5. The van der Waals surface area contributed by atoms with Crippen molar-refractivity contribution in [3.8, 4) is 5.75 Å². The molecule has 2 aromatic carbocycles. The highest BCUT2D eigenvalue weighted by Crippen LogP contribution is 2.27. The van der Waals surface area contributed by atoms with Crippen LogP contribution in [0.15, 0.2) is 48.5 Å². The zero-order valence-corrected chi connectivity index (χ0v) is 11.6. The molecule has 0 amide bonds. The number of para-hydroxylation sites is 2. The van der Waals surface area contributed by atoms with E-state index in [1.165, 1.54) is 6.07 Å². The Morgan fingerprint density at radius 1 is 1.10 bits per heavy atom. The van der Waals surface area contributed by atoms with Gasteiger partial charge in [-0.05, 0) is 23.6 Å². The molecule has 0 aromatic heterocycles. The summed E-state index contributed by atoms with van der Waals surface area (Å²) in [5.74, 6) is 1.12. The summed E-state index contributed by atoms with van der Waals surface area (Å²) in [4.78, 5) is 10.6. The van der Waals surface area contributed by atoms with Crippen LogP contribution in [-0.2, 0) is 6.61 Å². The van der Waals surface area contributed by atoms with Gasteiger partial charge in [0.1, 0.15) is 12.4 Å². The van der Waals surface area contributed by atoms with E-state index >= 15 is 0 Å². The summed E-state index contributed by atoms with van der Waals surface area (Å²) in [6.07, 6.45) is 0. The van der Waals surface area contributed by atoms with Gasteiger partial charge < -0.3 is 4.74 Å². The van der Waals surface area contributed by atoms with Gasteiger partial charge in [-0.25, -0.2) is 0 Å². The summed E-state index contributed by atoms with van der Waals surface area (Å²) in [6.45, 7) is 4.38. The summed E-state index contributed by atoms with van der Waals surface area (Å²) < 4.78 is 5.77. The van der Waals surface area contributed by atoms with E-state index in [9.17, 15) is 10.1 Å². The van der Waals surface area contributed by atoms with E-state index in [1.807, 2.05) is 24.3 Å². The van der Waals surface area contributed by atoms with Crippen LogP contribution in [0.2, 0.25) is 0 Å². The molecule has 0 aliphatic heterocycles. The van der Waals surface area contributed by atoms with Gasteiger partial charge in [-0.2, -0.15) is 0 Å². The van der Waals surface area contributed by atoms with Crippen molar-refractivity contribution in [2.45, 2.75) is 26.4 Å². The van der Waals surface area contributed by atoms with Crippen molar-refractivity contribution in [1.29, 1.82) is 0 Å².